The molecule has 1 rings (SSSR count). The minimum Gasteiger partial charge on any atom is -0.495 e. The number of hydrogen-bond acceptors (Lipinski definition) is 4. The molecule has 0 aliphatic carbocycles. The summed E-state index contributed by atoms with van der Waals surface area (Å²) in [4.78, 5) is 2.38. The molecule has 0 fully saturated rings. The van der Waals surface area contributed by atoms with Gasteiger partial charge in [0.1, 0.15) is 5.75 Å². The second-order valence-electron chi connectivity index (χ2n) is 5.20. The molecule has 0 saturated carbocycles. The van der Waals surface area contributed by atoms with Crippen molar-refractivity contribution in [3.8, 4) is 5.75 Å². The summed E-state index contributed by atoms with van der Waals surface area (Å²) in [5.41, 5.74) is 7.84. The van der Waals surface area contributed by atoms with Crippen molar-refractivity contribution >= 4 is 5.69 Å². The van der Waals surface area contributed by atoms with Gasteiger partial charge in [0.05, 0.1) is 19.4 Å². The van der Waals surface area contributed by atoms with E-state index in [0.29, 0.717) is 11.6 Å². The largest absolute Gasteiger partial charge is 0.495 e. The molecular weight excluding hydrogens is 240 g/mol. The molecule has 4 heteroatoms. The van der Waals surface area contributed by atoms with Gasteiger partial charge >= 0.3 is 0 Å². The highest BCUT2D eigenvalue weighted by molar-refractivity contribution is 5.54. The fourth-order valence-electron chi connectivity index (χ4n) is 2.11. The van der Waals surface area contributed by atoms with Gasteiger partial charge in [0, 0.05) is 26.7 Å². The highest BCUT2D eigenvalue weighted by Crippen LogP contribution is 2.22. The lowest BCUT2D eigenvalue weighted by molar-refractivity contribution is 0.136. The summed E-state index contributed by atoms with van der Waals surface area (Å²) in [7, 11) is 3.37. The monoisotopic (exact) mass is 266 g/mol. The Morgan fingerprint density at radius 3 is 2.53 bits per heavy atom. The van der Waals surface area contributed by atoms with Gasteiger partial charge in [0.2, 0.25) is 0 Å². The first-order valence-electron chi connectivity index (χ1n) is 6.70. The van der Waals surface area contributed by atoms with Gasteiger partial charge in [-0.15, -0.1) is 0 Å². The Balaban J connectivity index is 2.69. The van der Waals surface area contributed by atoms with E-state index in [9.17, 15) is 0 Å². The van der Waals surface area contributed by atoms with Gasteiger partial charge in [-0.05, 0) is 23.6 Å². The number of benzene rings is 1. The number of nitrogens with zero attached hydrogens (tertiary/aromatic N) is 1. The van der Waals surface area contributed by atoms with Crippen LogP contribution in [0.5, 0.6) is 5.75 Å². The van der Waals surface area contributed by atoms with Crippen LogP contribution in [0.1, 0.15) is 19.4 Å². The number of nitrogen functional groups attached to an aromatic ring is 1. The Hall–Kier alpha value is -1.26. The molecule has 1 aromatic carbocycles. The number of methoxy groups -OCH3 is 2. The quantitative estimate of drug-likeness (QED) is 0.734. The van der Waals surface area contributed by atoms with Crippen LogP contribution in [-0.2, 0) is 11.3 Å². The van der Waals surface area contributed by atoms with Crippen LogP contribution in [0.15, 0.2) is 18.2 Å². The lowest BCUT2D eigenvalue weighted by Crippen LogP contribution is -2.30. The summed E-state index contributed by atoms with van der Waals surface area (Å²) in [6.45, 7) is 8.06. The van der Waals surface area contributed by atoms with E-state index >= 15 is 0 Å². The number of nitrogens with two attached hydrogens (primary N) is 1. The molecule has 4 nitrogen and oxygen atoms in total. The van der Waals surface area contributed by atoms with Crippen molar-refractivity contribution in [2.24, 2.45) is 5.92 Å². The molecule has 19 heavy (non-hydrogen) atoms. The Labute approximate surface area is 116 Å². The average Bonchev–Trinajstić information content (AvgIpc) is 2.35. The van der Waals surface area contributed by atoms with E-state index in [4.69, 9.17) is 15.2 Å². The second-order valence-corrected chi connectivity index (χ2v) is 5.20. The van der Waals surface area contributed by atoms with Crippen molar-refractivity contribution in [3.63, 3.8) is 0 Å². The molecule has 0 saturated heterocycles. The van der Waals surface area contributed by atoms with Crippen molar-refractivity contribution < 1.29 is 9.47 Å². The predicted molar refractivity (Wildman–Crippen MR) is 79.4 cm³/mol. The predicted octanol–water partition coefficient (Wildman–Crippen LogP) is 2.38. The van der Waals surface area contributed by atoms with Crippen LogP contribution in [0, 0.1) is 5.92 Å². The minimum absolute atomic E-state index is 0.632. The van der Waals surface area contributed by atoms with Crippen LogP contribution in [0.2, 0.25) is 0 Å². The molecule has 0 aromatic heterocycles. The fraction of sp³-hybridized carbons (Fsp3) is 0.600. The third-order valence-corrected chi connectivity index (χ3v) is 2.94. The van der Waals surface area contributed by atoms with Crippen molar-refractivity contribution in [2.45, 2.75) is 20.4 Å². The highest BCUT2D eigenvalue weighted by atomic mass is 16.5. The molecule has 0 heterocycles. The van der Waals surface area contributed by atoms with Crippen LogP contribution in [0.3, 0.4) is 0 Å². The van der Waals surface area contributed by atoms with Gasteiger partial charge in [-0.2, -0.15) is 0 Å². The summed E-state index contributed by atoms with van der Waals surface area (Å²) in [5, 5.41) is 0. The van der Waals surface area contributed by atoms with E-state index in [1.165, 1.54) is 5.56 Å². The van der Waals surface area contributed by atoms with Crippen molar-refractivity contribution in [2.75, 3.05) is 39.6 Å². The number of ether oxygens (including phenoxy) is 2. The van der Waals surface area contributed by atoms with E-state index in [1.807, 2.05) is 12.1 Å². The first-order valence-corrected chi connectivity index (χ1v) is 6.70. The average molecular weight is 266 g/mol. The third-order valence-electron chi connectivity index (χ3n) is 2.94. The standard InChI is InChI=1S/C15H26N2O2/c1-12(2)10-17(7-8-18-3)11-13-5-6-15(19-4)14(16)9-13/h5-6,9,12H,7-8,10-11,16H2,1-4H3. The zero-order chi connectivity index (χ0) is 14.3. The number of hydrogen-bond donors (Lipinski definition) is 1. The fourth-order valence-corrected chi connectivity index (χ4v) is 2.11. The Morgan fingerprint density at radius 1 is 1.26 bits per heavy atom. The maximum atomic E-state index is 5.94. The van der Waals surface area contributed by atoms with Crippen LogP contribution in [0.25, 0.3) is 0 Å². The topological polar surface area (TPSA) is 47.7 Å². The SMILES string of the molecule is COCCN(Cc1ccc(OC)c(N)c1)CC(C)C. The van der Waals surface area contributed by atoms with Gasteiger partial charge < -0.3 is 15.2 Å². The first kappa shape index (κ1) is 15.8. The minimum atomic E-state index is 0.632. The van der Waals surface area contributed by atoms with Crippen LogP contribution in [0.4, 0.5) is 5.69 Å². The lowest BCUT2D eigenvalue weighted by atomic mass is 10.1. The first-order chi connectivity index (χ1) is 9.06. The van der Waals surface area contributed by atoms with Gasteiger partial charge in [-0.3, -0.25) is 4.90 Å². The summed E-state index contributed by atoms with van der Waals surface area (Å²) in [6.07, 6.45) is 0. The lowest BCUT2D eigenvalue weighted by Gasteiger charge is -2.24. The molecule has 2 N–H and O–H groups in total. The highest BCUT2D eigenvalue weighted by Gasteiger charge is 2.09. The molecule has 0 amide bonds. The van der Waals surface area contributed by atoms with Gasteiger partial charge in [-0.1, -0.05) is 19.9 Å². The summed E-state index contributed by atoms with van der Waals surface area (Å²) >= 11 is 0. The number of rotatable bonds is 8. The molecular formula is C15H26N2O2. The van der Waals surface area contributed by atoms with Crippen molar-refractivity contribution in [1.82, 2.24) is 4.90 Å². The summed E-state index contributed by atoms with van der Waals surface area (Å²) in [5.74, 6) is 1.36. The van der Waals surface area contributed by atoms with E-state index in [-0.39, 0.29) is 0 Å². The van der Waals surface area contributed by atoms with Gasteiger partial charge in [-0.25, -0.2) is 0 Å². The maximum Gasteiger partial charge on any atom is 0.141 e. The van der Waals surface area contributed by atoms with E-state index in [0.717, 1.165) is 32.0 Å². The zero-order valence-electron chi connectivity index (χ0n) is 12.5. The van der Waals surface area contributed by atoms with E-state index in [2.05, 4.69) is 24.8 Å². The summed E-state index contributed by atoms with van der Waals surface area (Å²) < 4.78 is 10.3. The van der Waals surface area contributed by atoms with E-state index < -0.39 is 0 Å². The zero-order valence-corrected chi connectivity index (χ0v) is 12.5. The molecule has 0 bridgehead atoms. The van der Waals surface area contributed by atoms with Crippen LogP contribution >= 0.6 is 0 Å². The normalized spacial score (nSPS) is 11.3. The van der Waals surface area contributed by atoms with Gasteiger partial charge in [0.25, 0.3) is 0 Å². The second kappa shape index (κ2) is 8.02. The molecule has 0 unspecified atom stereocenters. The molecule has 1 aromatic rings. The van der Waals surface area contributed by atoms with Crippen LogP contribution in [-0.4, -0.2) is 38.8 Å². The van der Waals surface area contributed by atoms with Crippen LogP contribution < -0.4 is 10.5 Å². The smallest absolute Gasteiger partial charge is 0.141 e. The number of anilines is 1. The third kappa shape index (κ3) is 5.49. The molecule has 0 aliphatic rings. The molecule has 0 atom stereocenters. The van der Waals surface area contributed by atoms with Crippen molar-refractivity contribution in [3.05, 3.63) is 23.8 Å². The Bertz CT molecular complexity index is 380. The maximum absolute atomic E-state index is 5.94. The molecule has 0 radical (unpaired) electrons. The Morgan fingerprint density at radius 2 is 2.00 bits per heavy atom. The molecule has 0 aliphatic heterocycles. The van der Waals surface area contributed by atoms with Gasteiger partial charge in [0.15, 0.2) is 0 Å². The summed E-state index contributed by atoms with van der Waals surface area (Å²) in [6, 6.07) is 5.98. The molecule has 0 spiro atoms. The van der Waals surface area contributed by atoms with Crippen molar-refractivity contribution in [1.29, 1.82) is 0 Å². The molecule has 108 valence electrons. The van der Waals surface area contributed by atoms with E-state index in [1.54, 1.807) is 14.2 Å². The Kier molecular flexibility index (Phi) is 6.67.